The van der Waals surface area contributed by atoms with Crippen LogP contribution in [0.15, 0.2) is 78.9 Å². The zero-order valence-corrected chi connectivity index (χ0v) is 26.1. The smallest absolute Gasteiger partial charge is 0.255 e. The van der Waals surface area contributed by atoms with Gasteiger partial charge in [0.1, 0.15) is 6.54 Å². The van der Waals surface area contributed by atoms with Crippen molar-refractivity contribution >= 4 is 40.8 Å². The van der Waals surface area contributed by atoms with Gasteiger partial charge >= 0.3 is 0 Å². The molecule has 11 heteroatoms. The Labute approximate surface area is 266 Å². The van der Waals surface area contributed by atoms with E-state index in [4.69, 9.17) is 32.7 Å². The topological polar surface area (TPSA) is 88.1 Å². The van der Waals surface area contributed by atoms with E-state index in [1.165, 1.54) is 6.07 Å². The Hall–Kier alpha value is -4.34. The van der Waals surface area contributed by atoms with Crippen LogP contribution in [0, 0.1) is 0 Å². The Bertz CT molecular complexity index is 1600. The summed E-state index contributed by atoms with van der Waals surface area (Å²) >= 11 is 12.4. The predicted octanol–water partition coefficient (Wildman–Crippen LogP) is 5.50. The van der Waals surface area contributed by atoms with Gasteiger partial charge in [-0.3, -0.25) is 9.59 Å². The second-order valence-corrected chi connectivity index (χ2v) is 11.1. The Kier molecular flexibility index (Phi) is 10.2. The third-order valence-corrected chi connectivity index (χ3v) is 8.12. The summed E-state index contributed by atoms with van der Waals surface area (Å²) in [5.74, 6) is 1.57. The quantitative estimate of drug-likeness (QED) is 0.228. The molecule has 1 aromatic heterocycles. The molecule has 1 saturated heterocycles. The van der Waals surface area contributed by atoms with Crippen LogP contribution >= 0.6 is 23.2 Å². The van der Waals surface area contributed by atoms with Gasteiger partial charge in [-0.15, -0.1) is 10.2 Å². The molecule has 228 valence electrons. The number of rotatable bonds is 10. The monoisotopic (exact) mass is 633 g/mol. The van der Waals surface area contributed by atoms with Crippen molar-refractivity contribution in [3.05, 3.63) is 100 Å². The van der Waals surface area contributed by atoms with Gasteiger partial charge in [0, 0.05) is 43.3 Å². The van der Waals surface area contributed by atoms with Gasteiger partial charge in [0.15, 0.2) is 17.3 Å². The number of aromatic nitrogens is 2. The number of hydrogen-bond acceptors (Lipinski definition) is 7. The molecule has 1 fully saturated rings. The maximum atomic E-state index is 13.5. The van der Waals surface area contributed by atoms with Crippen LogP contribution in [0.3, 0.4) is 0 Å². The minimum absolute atomic E-state index is 0.0511. The number of carbonyl (C=O) groups is 2. The number of benzene rings is 3. The van der Waals surface area contributed by atoms with Gasteiger partial charge < -0.3 is 24.2 Å². The lowest BCUT2D eigenvalue weighted by atomic mass is 10.1. The normalized spacial score (nSPS) is 13.0. The summed E-state index contributed by atoms with van der Waals surface area (Å²) in [5.41, 5.74) is 2.97. The molecule has 1 aliphatic heterocycles. The fourth-order valence-corrected chi connectivity index (χ4v) is 5.58. The van der Waals surface area contributed by atoms with Crippen LogP contribution in [0.4, 0.5) is 5.82 Å². The fraction of sp³-hybridized carbons (Fsp3) is 0.273. The molecular weight excluding hydrogens is 601 g/mol. The van der Waals surface area contributed by atoms with Gasteiger partial charge in [-0.1, -0.05) is 53.5 Å². The van der Waals surface area contributed by atoms with E-state index in [1.807, 2.05) is 60.7 Å². The van der Waals surface area contributed by atoms with Crippen molar-refractivity contribution in [2.45, 2.75) is 6.42 Å². The van der Waals surface area contributed by atoms with Crippen LogP contribution in [0.1, 0.15) is 15.9 Å². The molecule has 9 nitrogen and oxygen atoms in total. The Balaban J connectivity index is 1.22. The van der Waals surface area contributed by atoms with Gasteiger partial charge in [0.05, 0.1) is 30.5 Å². The third-order valence-electron chi connectivity index (χ3n) is 7.57. The highest BCUT2D eigenvalue weighted by Crippen LogP contribution is 2.31. The molecule has 4 aromatic rings. The van der Waals surface area contributed by atoms with E-state index in [1.54, 1.807) is 36.2 Å². The number of hydrogen-bond donors (Lipinski definition) is 0. The molecule has 0 N–H and O–H groups in total. The first kappa shape index (κ1) is 31.1. The number of amides is 2. The third kappa shape index (κ3) is 7.41. The van der Waals surface area contributed by atoms with Crippen molar-refractivity contribution < 1.29 is 19.1 Å². The average molecular weight is 635 g/mol. The van der Waals surface area contributed by atoms with Crippen LogP contribution in [0.2, 0.25) is 10.0 Å². The largest absolute Gasteiger partial charge is 0.493 e. The van der Waals surface area contributed by atoms with Crippen molar-refractivity contribution in [2.75, 3.05) is 58.4 Å². The molecule has 0 aliphatic carbocycles. The zero-order chi connectivity index (χ0) is 31.1. The number of methoxy groups -OCH3 is 2. The Morgan fingerprint density at radius 2 is 1.59 bits per heavy atom. The molecule has 1 aliphatic rings. The number of carbonyl (C=O) groups excluding carboxylic acids is 2. The molecule has 3 aromatic carbocycles. The summed E-state index contributed by atoms with van der Waals surface area (Å²) in [6, 6.07) is 24.1. The zero-order valence-electron chi connectivity index (χ0n) is 24.6. The van der Waals surface area contributed by atoms with Gasteiger partial charge in [-0.2, -0.15) is 0 Å². The van der Waals surface area contributed by atoms with Crippen LogP contribution in [-0.4, -0.2) is 85.3 Å². The molecule has 0 radical (unpaired) electrons. The molecule has 0 saturated carbocycles. The van der Waals surface area contributed by atoms with Crippen molar-refractivity contribution in [3.8, 4) is 22.8 Å². The van der Waals surface area contributed by atoms with Gasteiger partial charge in [0.25, 0.3) is 5.91 Å². The first-order chi connectivity index (χ1) is 21.4. The minimum Gasteiger partial charge on any atom is -0.493 e. The molecule has 2 heterocycles. The summed E-state index contributed by atoms with van der Waals surface area (Å²) in [6.45, 7) is 2.51. The lowest BCUT2D eigenvalue weighted by Crippen LogP contribution is -2.52. The van der Waals surface area contributed by atoms with E-state index in [9.17, 15) is 9.59 Å². The van der Waals surface area contributed by atoms with Crippen molar-refractivity contribution in [3.63, 3.8) is 0 Å². The fourth-order valence-electron chi connectivity index (χ4n) is 5.09. The highest BCUT2D eigenvalue weighted by atomic mass is 35.5. The number of ether oxygens (including phenoxy) is 2. The highest BCUT2D eigenvalue weighted by molar-refractivity contribution is 6.36. The number of halogens is 2. The molecule has 0 atom stereocenters. The molecular formula is C33H33Cl2N5O4. The lowest BCUT2D eigenvalue weighted by molar-refractivity contribution is -0.132. The predicted molar refractivity (Wildman–Crippen MR) is 172 cm³/mol. The molecule has 0 bridgehead atoms. The van der Waals surface area contributed by atoms with Gasteiger partial charge in [0.2, 0.25) is 5.91 Å². The van der Waals surface area contributed by atoms with E-state index in [-0.39, 0.29) is 23.4 Å². The van der Waals surface area contributed by atoms with Gasteiger partial charge in [-0.05, 0) is 60.5 Å². The summed E-state index contributed by atoms with van der Waals surface area (Å²) in [4.78, 5) is 32.4. The van der Waals surface area contributed by atoms with Crippen LogP contribution < -0.4 is 14.4 Å². The maximum absolute atomic E-state index is 13.5. The Morgan fingerprint density at radius 1 is 0.841 bits per heavy atom. The second kappa shape index (κ2) is 14.4. The van der Waals surface area contributed by atoms with Crippen molar-refractivity contribution in [1.29, 1.82) is 0 Å². The van der Waals surface area contributed by atoms with Crippen LogP contribution in [0.5, 0.6) is 11.5 Å². The summed E-state index contributed by atoms with van der Waals surface area (Å²) in [5, 5.41) is 9.57. The average Bonchev–Trinajstić information content (AvgIpc) is 3.06. The number of piperazine rings is 1. The first-order valence-corrected chi connectivity index (χ1v) is 15.0. The van der Waals surface area contributed by atoms with E-state index in [2.05, 4.69) is 15.1 Å². The molecule has 0 unspecified atom stereocenters. The molecule has 0 spiro atoms. The summed E-state index contributed by atoms with van der Waals surface area (Å²) < 4.78 is 10.7. The maximum Gasteiger partial charge on any atom is 0.255 e. The second-order valence-electron chi connectivity index (χ2n) is 10.3. The van der Waals surface area contributed by atoms with E-state index < -0.39 is 0 Å². The number of nitrogens with zero attached hydrogens (tertiary/aromatic N) is 5. The van der Waals surface area contributed by atoms with E-state index >= 15 is 0 Å². The number of anilines is 1. The summed E-state index contributed by atoms with van der Waals surface area (Å²) in [6.07, 6.45) is 0.608. The molecule has 44 heavy (non-hydrogen) atoms. The lowest BCUT2D eigenvalue weighted by Gasteiger charge is -2.36. The standard InChI is InChI=1S/C33H33Cl2N5O4/c1-43-29-12-8-24(20-30(29)44-2)28-11-13-31(37-36-28)38-16-18-39(19-17-38)32(41)22-40(15-14-23-6-4-3-5-7-23)33(42)26-10-9-25(34)21-27(26)35/h3-13,20-21H,14-19,22H2,1-2H3. The first-order valence-electron chi connectivity index (χ1n) is 14.2. The summed E-state index contributed by atoms with van der Waals surface area (Å²) in [7, 11) is 3.19. The van der Waals surface area contributed by atoms with Gasteiger partial charge in [-0.25, -0.2) is 0 Å². The SMILES string of the molecule is COc1ccc(-c2ccc(N3CCN(C(=O)CN(CCc4ccccc4)C(=O)c4ccc(Cl)cc4Cl)CC3)nn2)cc1OC. The van der Waals surface area contributed by atoms with Crippen molar-refractivity contribution in [2.24, 2.45) is 0 Å². The highest BCUT2D eigenvalue weighted by Gasteiger charge is 2.27. The van der Waals surface area contributed by atoms with Crippen LogP contribution in [0.25, 0.3) is 11.3 Å². The molecule has 5 rings (SSSR count). The van der Waals surface area contributed by atoms with E-state index in [0.29, 0.717) is 66.9 Å². The minimum atomic E-state index is -0.306. The van der Waals surface area contributed by atoms with Crippen molar-refractivity contribution in [1.82, 2.24) is 20.0 Å². The van der Waals surface area contributed by atoms with Crippen LogP contribution in [-0.2, 0) is 11.2 Å². The Morgan fingerprint density at radius 3 is 2.25 bits per heavy atom. The van der Waals surface area contributed by atoms with E-state index in [0.717, 1.165) is 16.9 Å². The molecule has 2 amide bonds.